The first-order valence-electron chi connectivity index (χ1n) is 9.39. The average molecular weight is 386 g/mol. The molecular weight excluding hydrogens is 364 g/mol. The quantitative estimate of drug-likeness (QED) is 0.219. The van der Waals surface area contributed by atoms with Crippen LogP contribution in [0.4, 0.5) is 0 Å². The van der Waals surface area contributed by atoms with E-state index in [0.29, 0.717) is 18.8 Å². The van der Waals surface area contributed by atoms with Gasteiger partial charge in [-0.05, 0) is 52.8 Å². The van der Waals surface area contributed by atoms with Crippen LogP contribution in [-0.2, 0) is 20.7 Å². The highest BCUT2D eigenvalue weighted by Gasteiger charge is 2.03. The smallest absolute Gasteiger partial charge is 0.330 e. The van der Waals surface area contributed by atoms with Crippen molar-refractivity contribution < 1.29 is 19.1 Å². The molecule has 0 amide bonds. The number of aryl methyl sites for hydroxylation is 1. The topological polar surface area (TPSA) is 52.6 Å². The Labute approximate surface area is 170 Å². The van der Waals surface area contributed by atoms with Crippen molar-refractivity contribution >= 4 is 12.4 Å². The Kier molecular flexibility index (Phi) is 6.95. The van der Waals surface area contributed by atoms with Gasteiger partial charge in [0.25, 0.3) is 6.47 Å². The first kappa shape index (κ1) is 20.1. The Morgan fingerprint density at radius 2 is 1.28 bits per heavy atom. The molecule has 0 aliphatic carbocycles. The molecule has 4 nitrogen and oxygen atoms in total. The molecule has 0 bridgehead atoms. The maximum Gasteiger partial charge on any atom is 0.330 e. The van der Waals surface area contributed by atoms with E-state index in [-0.39, 0.29) is 5.97 Å². The third-order valence-electron chi connectivity index (χ3n) is 4.56. The van der Waals surface area contributed by atoms with Gasteiger partial charge < -0.3 is 9.47 Å². The van der Waals surface area contributed by atoms with Gasteiger partial charge in [-0.15, -0.1) is 0 Å². The largest absolute Gasteiger partial charge is 0.463 e. The van der Waals surface area contributed by atoms with E-state index in [1.54, 1.807) is 12.1 Å². The van der Waals surface area contributed by atoms with Gasteiger partial charge in [-0.3, -0.25) is 4.79 Å². The van der Waals surface area contributed by atoms with Crippen LogP contribution in [-0.4, -0.2) is 19.0 Å². The van der Waals surface area contributed by atoms with Crippen molar-refractivity contribution in [3.8, 4) is 28.0 Å². The molecule has 3 aromatic carbocycles. The second-order valence-electron chi connectivity index (χ2n) is 6.49. The maximum absolute atomic E-state index is 11.0. The monoisotopic (exact) mass is 386 g/mol. The lowest BCUT2D eigenvalue weighted by atomic mass is 9.99. The SMILES string of the molecule is C=CC(=O)OCCCc1ccc(-c2ccc(-c3ccc(OC=O)cc3)cc2)cc1. The van der Waals surface area contributed by atoms with Crippen LogP contribution in [0.25, 0.3) is 22.3 Å². The van der Waals surface area contributed by atoms with Gasteiger partial charge in [-0.2, -0.15) is 0 Å². The number of carbonyl (C=O) groups is 2. The van der Waals surface area contributed by atoms with E-state index in [4.69, 9.17) is 9.47 Å². The van der Waals surface area contributed by atoms with Crippen molar-refractivity contribution in [1.29, 1.82) is 0 Å². The van der Waals surface area contributed by atoms with Crippen LogP contribution in [0.2, 0.25) is 0 Å². The summed E-state index contributed by atoms with van der Waals surface area (Å²) in [6, 6.07) is 24.1. The van der Waals surface area contributed by atoms with E-state index < -0.39 is 0 Å². The van der Waals surface area contributed by atoms with Crippen LogP contribution in [0.3, 0.4) is 0 Å². The second-order valence-corrected chi connectivity index (χ2v) is 6.49. The highest BCUT2D eigenvalue weighted by atomic mass is 16.5. The van der Waals surface area contributed by atoms with Gasteiger partial charge in [0.2, 0.25) is 0 Å². The first-order valence-corrected chi connectivity index (χ1v) is 9.39. The van der Waals surface area contributed by atoms with Gasteiger partial charge in [-0.25, -0.2) is 4.79 Å². The van der Waals surface area contributed by atoms with Gasteiger partial charge in [0.15, 0.2) is 0 Å². The summed E-state index contributed by atoms with van der Waals surface area (Å²) in [4.78, 5) is 21.4. The summed E-state index contributed by atoms with van der Waals surface area (Å²) in [6.07, 6.45) is 2.81. The summed E-state index contributed by atoms with van der Waals surface area (Å²) in [6.45, 7) is 4.20. The van der Waals surface area contributed by atoms with Crippen LogP contribution < -0.4 is 4.74 Å². The van der Waals surface area contributed by atoms with E-state index >= 15 is 0 Å². The fourth-order valence-corrected chi connectivity index (χ4v) is 3.01. The summed E-state index contributed by atoms with van der Waals surface area (Å²) < 4.78 is 9.82. The molecule has 0 unspecified atom stereocenters. The van der Waals surface area contributed by atoms with Gasteiger partial charge in [-0.1, -0.05) is 67.2 Å². The van der Waals surface area contributed by atoms with E-state index in [2.05, 4.69) is 55.1 Å². The first-order chi connectivity index (χ1) is 14.2. The molecule has 0 atom stereocenters. The molecule has 0 fully saturated rings. The van der Waals surface area contributed by atoms with E-state index in [1.165, 1.54) is 11.6 Å². The lowest BCUT2D eigenvalue weighted by molar-refractivity contribution is -0.137. The van der Waals surface area contributed by atoms with Gasteiger partial charge in [0.05, 0.1) is 6.61 Å². The molecule has 0 radical (unpaired) electrons. The van der Waals surface area contributed by atoms with Crippen molar-refractivity contribution in [2.45, 2.75) is 12.8 Å². The fraction of sp³-hybridized carbons (Fsp3) is 0.120. The highest BCUT2D eigenvalue weighted by Crippen LogP contribution is 2.26. The molecule has 3 rings (SSSR count). The molecule has 4 heteroatoms. The van der Waals surface area contributed by atoms with Crippen LogP contribution in [0.15, 0.2) is 85.5 Å². The Morgan fingerprint density at radius 3 is 1.76 bits per heavy atom. The van der Waals surface area contributed by atoms with E-state index in [0.717, 1.165) is 35.1 Å². The molecule has 0 saturated heterocycles. The second kappa shape index (κ2) is 10.0. The molecule has 0 heterocycles. The van der Waals surface area contributed by atoms with Gasteiger partial charge in [0.1, 0.15) is 5.75 Å². The Bertz CT molecular complexity index is 955. The summed E-state index contributed by atoms with van der Waals surface area (Å²) in [7, 11) is 0. The summed E-state index contributed by atoms with van der Waals surface area (Å²) in [5.74, 6) is 0.147. The molecule has 0 spiro atoms. The minimum atomic E-state index is -0.381. The van der Waals surface area contributed by atoms with E-state index in [1.807, 2.05) is 12.1 Å². The zero-order chi connectivity index (χ0) is 20.5. The van der Waals surface area contributed by atoms with Crippen LogP contribution in [0, 0.1) is 0 Å². The number of rotatable bonds is 9. The Morgan fingerprint density at radius 1 is 0.793 bits per heavy atom. The zero-order valence-electron chi connectivity index (χ0n) is 16.0. The number of esters is 1. The number of hydrogen-bond donors (Lipinski definition) is 0. The maximum atomic E-state index is 11.0. The normalized spacial score (nSPS) is 10.2. The van der Waals surface area contributed by atoms with Crippen LogP contribution in [0.5, 0.6) is 5.75 Å². The Hall–Kier alpha value is -3.66. The molecule has 0 N–H and O–H groups in total. The van der Waals surface area contributed by atoms with Crippen molar-refractivity contribution in [3.63, 3.8) is 0 Å². The summed E-state index contributed by atoms with van der Waals surface area (Å²) in [5.41, 5.74) is 5.64. The number of benzene rings is 3. The fourth-order valence-electron chi connectivity index (χ4n) is 3.01. The van der Waals surface area contributed by atoms with Gasteiger partial charge >= 0.3 is 5.97 Å². The summed E-state index contributed by atoms with van der Waals surface area (Å²) >= 11 is 0. The predicted octanol–water partition coefficient (Wildman–Crippen LogP) is 5.22. The van der Waals surface area contributed by atoms with E-state index in [9.17, 15) is 9.59 Å². The van der Waals surface area contributed by atoms with Crippen molar-refractivity contribution in [3.05, 3.63) is 91.0 Å². The minimum Gasteiger partial charge on any atom is -0.463 e. The standard InChI is InChI=1S/C25H22O4/c1-2-25(27)28-17-3-4-19-5-7-20(8-6-19)21-9-11-22(12-10-21)23-13-15-24(16-14-23)29-18-26/h2,5-16,18H,1,3-4,17H2. The lowest BCUT2D eigenvalue weighted by Crippen LogP contribution is -2.02. The molecule has 0 aromatic heterocycles. The molecule has 0 aliphatic rings. The predicted molar refractivity (Wildman–Crippen MR) is 113 cm³/mol. The molecule has 146 valence electrons. The third-order valence-corrected chi connectivity index (χ3v) is 4.56. The van der Waals surface area contributed by atoms with Crippen molar-refractivity contribution in [2.24, 2.45) is 0 Å². The lowest BCUT2D eigenvalue weighted by Gasteiger charge is -2.07. The zero-order valence-corrected chi connectivity index (χ0v) is 16.0. The number of ether oxygens (including phenoxy) is 2. The molecule has 29 heavy (non-hydrogen) atoms. The average Bonchev–Trinajstić information content (AvgIpc) is 2.78. The van der Waals surface area contributed by atoms with Crippen molar-refractivity contribution in [2.75, 3.05) is 6.61 Å². The molecule has 0 saturated carbocycles. The third kappa shape index (κ3) is 5.66. The van der Waals surface area contributed by atoms with Crippen molar-refractivity contribution in [1.82, 2.24) is 0 Å². The molecular formula is C25H22O4. The molecule has 0 aliphatic heterocycles. The Balaban J connectivity index is 1.60. The number of hydrogen-bond acceptors (Lipinski definition) is 4. The number of carbonyl (C=O) groups excluding carboxylic acids is 2. The molecule has 3 aromatic rings. The highest BCUT2D eigenvalue weighted by molar-refractivity contribution is 5.81. The summed E-state index contributed by atoms with van der Waals surface area (Å²) in [5, 5.41) is 0. The van der Waals surface area contributed by atoms with Crippen LogP contribution in [0.1, 0.15) is 12.0 Å². The minimum absolute atomic E-state index is 0.381. The van der Waals surface area contributed by atoms with Crippen LogP contribution >= 0.6 is 0 Å². The van der Waals surface area contributed by atoms with Gasteiger partial charge in [0, 0.05) is 6.08 Å².